The van der Waals surface area contributed by atoms with Gasteiger partial charge < -0.3 is 15.1 Å². The van der Waals surface area contributed by atoms with Crippen molar-refractivity contribution in [3.05, 3.63) is 34.9 Å². The topological polar surface area (TPSA) is 52.7 Å². The highest BCUT2D eigenvalue weighted by atomic mass is 35.5. The summed E-state index contributed by atoms with van der Waals surface area (Å²) >= 11 is 7.56. The molecule has 5 nitrogen and oxygen atoms in total. The Morgan fingerprint density at radius 1 is 1.36 bits per heavy atom. The van der Waals surface area contributed by atoms with E-state index in [1.165, 1.54) is 11.8 Å². The first-order chi connectivity index (χ1) is 10.7. The van der Waals surface area contributed by atoms with Gasteiger partial charge in [-0.3, -0.25) is 9.59 Å². The van der Waals surface area contributed by atoms with E-state index in [0.717, 1.165) is 17.9 Å². The molecule has 1 unspecified atom stereocenters. The van der Waals surface area contributed by atoms with Gasteiger partial charge in [0.1, 0.15) is 6.54 Å². The summed E-state index contributed by atoms with van der Waals surface area (Å²) in [6.07, 6.45) is 0. The van der Waals surface area contributed by atoms with Gasteiger partial charge in [0.15, 0.2) is 0 Å². The molecule has 1 N–H and O–H groups in total. The summed E-state index contributed by atoms with van der Waals surface area (Å²) in [7, 11) is 0. The van der Waals surface area contributed by atoms with Crippen molar-refractivity contribution in [2.45, 2.75) is 6.04 Å². The quantitative estimate of drug-likeness (QED) is 0.915. The van der Waals surface area contributed by atoms with Crippen molar-refractivity contribution < 1.29 is 9.59 Å². The Labute approximate surface area is 139 Å². The Balaban J connectivity index is 1.76. The Morgan fingerprint density at radius 3 is 2.91 bits per heavy atom. The van der Waals surface area contributed by atoms with E-state index >= 15 is 0 Å². The average Bonchev–Trinajstić information content (AvgIpc) is 2.93. The SMILES string of the molecule is O=C1SCCN1CC(=O)N1CCNCC1c1ccccc1Cl. The van der Waals surface area contributed by atoms with E-state index in [2.05, 4.69) is 5.32 Å². The fraction of sp³-hybridized carbons (Fsp3) is 0.467. The van der Waals surface area contributed by atoms with E-state index in [1.54, 1.807) is 4.90 Å². The third-order valence-corrected chi connectivity index (χ3v) is 5.24. The molecular formula is C15H18ClN3O2S. The molecule has 1 aromatic carbocycles. The average molecular weight is 340 g/mol. The van der Waals surface area contributed by atoms with Crippen LogP contribution in [-0.2, 0) is 4.79 Å². The number of carbonyl (C=O) groups is 2. The number of nitrogens with one attached hydrogen (secondary N) is 1. The minimum absolute atomic E-state index is 0.00206. The molecule has 2 aliphatic heterocycles. The monoisotopic (exact) mass is 339 g/mol. The van der Waals surface area contributed by atoms with E-state index in [9.17, 15) is 9.59 Å². The molecule has 1 aromatic rings. The number of rotatable bonds is 3. The molecule has 2 aliphatic rings. The molecule has 22 heavy (non-hydrogen) atoms. The van der Waals surface area contributed by atoms with Gasteiger partial charge in [-0.05, 0) is 11.6 Å². The number of hydrogen-bond acceptors (Lipinski definition) is 4. The van der Waals surface area contributed by atoms with Crippen LogP contribution in [0, 0.1) is 0 Å². The van der Waals surface area contributed by atoms with Crippen LogP contribution in [0.4, 0.5) is 4.79 Å². The zero-order valence-corrected chi connectivity index (χ0v) is 13.7. The van der Waals surface area contributed by atoms with E-state index in [0.29, 0.717) is 24.7 Å². The van der Waals surface area contributed by atoms with Crippen LogP contribution >= 0.6 is 23.4 Å². The minimum Gasteiger partial charge on any atom is -0.331 e. The van der Waals surface area contributed by atoms with Crippen LogP contribution < -0.4 is 5.32 Å². The summed E-state index contributed by atoms with van der Waals surface area (Å²) in [5, 5.41) is 3.98. The van der Waals surface area contributed by atoms with Crippen LogP contribution in [0.1, 0.15) is 11.6 Å². The summed E-state index contributed by atoms with van der Waals surface area (Å²) in [5.74, 6) is 0.754. The number of amides is 2. The molecule has 7 heteroatoms. The molecule has 1 atom stereocenters. The second-order valence-electron chi connectivity index (χ2n) is 5.36. The Hall–Kier alpha value is -1.24. The lowest BCUT2D eigenvalue weighted by atomic mass is 10.0. The number of thioether (sulfide) groups is 1. The molecule has 0 aromatic heterocycles. The van der Waals surface area contributed by atoms with Crippen molar-refractivity contribution in [2.75, 3.05) is 38.5 Å². The van der Waals surface area contributed by atoms with Gasteiger partial charge in [0.05, 0.1) is 6.04 Å². The van der Waals surface area contributed by atoms with E-state index in [1.807, 2.05) is 29.2 Å². The lowest BCUT2D eigenvalue weighted by molar-refractivity contribution is -0.135. The molecule has 0 radical (unpaired) electrons. The molecule has 118 valence electrons. The minimum atomic E-state index is -0.0830. The Morgan fingerprint density at radius 2 is 2.18 bits per heavy atom. The molecule has 0 bridgehead atoms. The van der Waals surface area contributed by atoms with Gasteiger partial charge in [-0.2, -0.15) is 0 Å². The largest absolute Gasteiger partial charge is 0.331 e. The van der Waals surface area contributed by atoms with Crippen molar-refractivity contribution in [3.8, 4) is 0 Å². The van der Waals surface area contributed by atoms with Crippen LogP contribution in [0.3, 0.4) is 0 Å². The molecule has 2 heterocycles. The van der Waals surface area contributed by atoms with Gasteiger partial charge in [0.25, 0.3) is 5.24 Å². The molecule has 2 amide bonds. The van der Waals surface area contributed by atoms with Gasteiger partial charge in [-0.15, -0.1) is 0 Å². The van der Waals surface area contributed by atoms with Crippen LogP contribution in [0.25, 0.3) is 0 Å². The number of halogens is 1. The third-order valence-electron chi connectivity index (χ3n) is 4.00. The maximum Gasteiger partial charge on any atom is 0.282 e. The molecule has 0 spiro atoms. The van der Waals surface area contributed by atoms with Crippen LogP contribution in [0.5, 0.6) is 0 Å². The lowest BCUT2D eigenvalue weighted by Gasteiger charge is -2.37. The molecule has 0 aliphatic carbocycles. The maximum atomic E-state index is 12.6. The first kappa shape index (κ1) is 15.6. The van der Waals surface area contributed by atoms with E-state index in [-0.39, 0.29) is 23.7 Å². The van der Waals surface area contributed by atoms with Gasteiger partial charge in [-0.1, -0.05) is 41.6 Å². The number of piperazine rings is 1. The van der Waals surface area contributed by atoms with Crippen LogP contribution in [0.2, 0.25) is 5.02 Å². The second-order valence-corrected chi connectivity index (χ2v) is 6.82. The van der Waals surface area contributed by atoms with Crippen molar-refractivity contribution in [1.82, 2.24) is 15.1 Å². The van der Waals surface area contributed by atoms with Crippen molar-refractivity contribution in [2.24, 2.45) is 0 Å². The van der Waals surface area contributed by atoms with Gasteiger partial charge >= 0.3 is 0 Å². The zero-order chi connectivity index (χ0) is 15.5. The summed E-state index contributed by atoms with van der Waals surface area (Å²) in [4.78, 5) is 27.8. The highest BCUT2D eigenvalue weighted by molar-refractivity contribution is 8.13. The van der Waals surface area contributed by atoms with Crippen molar-refractivity contribution in [1.29, 1.82) is 0 Å². The molecule has 2 saturated heterocycles. The molecular weight excluding hydrogens is 322 g/mol. The molecule has 3 rings (SSSR count). The third kappa shape index (κ3) is 3.24. The van der Waals surface area contributed by atoms with Crippen LogP contribution in [0.15, 0.2) is 24.3 Å². The number of benzene rings is 1. The lowest BCUT2D eigenvalue weighted by Crippen LogP contribution is -2.51. The summed E-state index contributed by atoms with van der Waals surface area (Å²) < 4.78 is 0. The Bertz CT molecular complexity index is 584. The predicted molar refractivity (Wildman–Crippen MR) is 88.2 cm³/mol. The van der Waals surface area contributed by atoms with Crippen molar-refractivity contribution >= 4 is 34.5 Å². The predicted octanol–water partition coefficient (Wildman–Crippen LogP) is 1.98. The first-order valence-corrected chi connectivity index (χ1v) is 8.69. The standard InChI is InChI=1S/C15H18ClN3O2S/c16-12-4-2-1-3-11(12)13-9-17-5-6-19(13)14(20)10-18-7-8-22-15(18)21/h1-4,13,17H,5-10H2. The van der Waals surface area contributed by atoms with E-state index < -0.39 is 0 Å². The van der Waals surface area contributed by atoms with Gasteiger partial charge in [-0.25, -0.2) is 0 Å². The van der Waals surface area contributed by atoms with Gasteiger partial charge in [0, 0.05) is 37.0 Å². The Kier molecular flexibility index (Phi) is 4.90. The van der Waals surface area contributed by atoms with Crippen LogP contribution in [-0.4, -0.2) is 59.4 Å². The highest BCUT2D eigenvalue weighted by Crippen LogP contribution is 2.29. The second kappa shape index (κ2) is 6.89. The smallest absolute Gasteiger partial charge is 0.282 e. The van der Waals surface area contributed by atoms with E-state index in [4.69, 9.17) is 11.6 Å². The number of hydrogen-bond donors (Lipinski definition) is 1. The summed E-state index contributed by atoms with van der Waals surface area (Å²) in [6, 6.07) is 7.53. The fourth-order valence-corrected chi connectivity index (χ4v) is 3.94. The highest BCUT2D eigenvalue weighted by Gasteiger charge is 2.32. The number of nitrogens with zero attached hydrogens (tertiary/aromatic N) is 2. The maximum absolute atomic E-state index is 12.6. The summed E-state index contributed by atoms with van der Waals surface area (Å²) in [5.41, 5.74) is 0.951. The number of carbonyl (C=O) groups excluding carboxylic acids is 2. The molecule has 2 fully saturated rings. The van der Waals surface area contributed by atoms with Gasteiger partial charge in [0.2, 0.25) is 5.91 Å². The normalized spacial score (nSPS) is 22.2. The first-order valence-electron chi connectivity index (χ1n) is 7.33. The molecule has 0 saturated carbocycles. The fourth-order valence-electron chi connectivity index (χ4n) is 2.85. The van der Waals surface area contributed by atoms with Crippen molar-refractivity contribution in [3.63, 3.8) is 0 Å². The summed E-state index contributed by atoms with van der Waals surface area (Å²) in [6.45, 7) is 2.88. The zero-order valence-electron chi connectivity index (χ0n) is 12.1.